The Kier molecular flexibility index (Phi) is 2.95. The van der Waals surface area contributed by atoms with Gasteiger partial charge in [0.1, 0.15) is 12.1 Å². The minimum atomic E-state index is -1.11. The molecule has 0 radical (unpaired) electrons. The summed E-state index contributed by atoms with van der Waals surface area (Å²) in [5, 5.41) is 0. The number of carbonyl (C=O) groups is 1. The van der Waals surface area contributed by atoms with E-state index in [1.165, 1.54) is 24.3 Å². The molecule has 86 valence electrons. The third-order valence-corrected chi connectivity index (χ3v) is 2.37. The van der Waals surface area contributed by atoms with Gasteiger partial charge < -0.3 is 0 Å². The summed E-state index contributed by atoms with van der Waals surface area (Å²) in [6.45, 7) is 0. The molecule has 0 saturated heterocycles. The number of rotatable bonds is 2. The van der Waals surface area contributed by atoms with E-state index in [1.54, 1.807) is 0 Å². The van der Waals surface area contributed by atoms with Crippen LogP contribution in [0.5, 0.6) is 0 Å². The van der Waals surface area contributed by atoms with Crippen LogP contribution in [0.25, 0.3) is 11.1 Å². The van der Waals surface area contributed by atoms with Crippen molar-refractivity contribution < 1.29 is 18.0 Å². The molecule has 0 fully saturated rings. The molecule has 0 unspecified atom stereocenters. The zero-order chi connectivity index (χ0) is 12.4. The van der Waals surface area contributed by atoms with Gasteiger partial charge in [-0.15, -0.1) is 0 Å². The first-order chi connectivity index (χ1) is 8.13. The first-order valence-electron chi connectivity index (χ1n) is 4.82. The van der Waals surface area contributed by atoms with Crippen molar-refractivity contribution in [2.24, 2.45) is 0 Å². The molecule has 0 saturated carbocycles. The van der Waals surface area contributed by atoms with Gasteiger partial charge in [0.2, 0.25) is 0 Å². The number of aldehydes is 1. The second-order valence-corrected chi connectivity index (χ2v) is 3.46. The zero-order valence-electron chi connectivity index (χ0n) is 8.58. The molecule has 0 aliphatic carbocycles. The standard InChI is InChI=1S/C13H7F3O/c14-11-3-1-2-10(13(11)16)9-5-4-8(7-17)6-12(9)15/h1-7H. The molecule has 0 N–H and O–H groups in total. The fraction of sp³-hybridized carbons (Fsp3) is 0. The van der Waals surface area contributed by atoms with Crippen LogP contribution in [0.4, 0.5) is 13.2 Å². The summed E-state index contributed by atoms with van der Waals surface area (Å²) >= 11 is 0. The fourth-order valence-corrected chi connectivity index (χ4v) is 1.53. The van der Waals surface area contributed by atoms with Crippen molar-refractivity contribution in [1.29, 1.82) is 0 Å². The second-order valence-electron chi connectivity index (χ2n) is 3.46. The van der Waals surface area contributed by atoms with Crippen molar-refractivity contribution in [3.63, 3.8) is 0 Å². The van der Waals surface area contributed by atoms with E-state index in [0.29, 0.717) is 6.29 Å². The lowest BCUT2D eigenvalue weighted by Gasteiger charge is -2.05. The van der Waals surface area contributed by atoms with Gasteiger partial charge >= 0.3 is 0 Å². The van der Waals surface area contributed by atoms with Crippen LogP contribution in [0, 0.1) is 17.5 Å². The molecular formula is C13H7F3O. The van der Waals surface area contributed by atoms with E-state index in [4.69, 9.17) is 0 Å². The lowest BCUT2D eigenvalue weighted by molar-refractivity contribution is 0.112. The highest BCUT2D eigenvalue weighted by Crippen LogP contribution is 2.27. The van der Waals surface area contributed by atoms with E-state index in [1.807, 2.05) is 0 Å². The summed E-state index contributed by atoms with van der Waals surface area (Å²) < 4.78 is 40.0. The largest absolute Gasteiger partial charge is 0.298 e. The topological polar surface area (TPSA) is 17.1 Å². The summed E-state index contributed by atoms with van der Waals surface area (Å²) in [6.07, 6.45) is 0.481. The molecule has 0 aromatic heterocycles. The van der Waals surface area contributed by atoms with Crippen molar-refractivity contribution in [1.82, 2.24) is 0 Å². The highest BCUT2D eigenvalue weighted by molar-refractivity contribution is 5.77. The van der Waals surface area contributed by atoms with Gasteiger partial charge in [0, 0.05) is 16.7 Å². The summed E-state index contributed by atoms with van der Waals surface area (Å²) in [6, 6.07) is 7.09. The SMILES string of the molecule is O=Cc1ccc(-c2cccc(F)c2F)c(F)c1. The Hall–Kier alpha value is -2.10. The number of hydrogen-bond donors (Lipinski definition) is 0. The lowest BCUT2D eigenvalue weighted by atomic mass is 10.0. The fourth-order valence-electron chi connectivity index (χ4n) is 1.53. The molecule has 0 aliphatic heterocycles. The van der Waals surface area contributed by atoms with Gasteiger partial charge in [-0.05, 0) is 12.1 Å². The molecule has 0 bridgehead atoms. The molecule has 4 heteroatoms. The summed E-state index contributed by atoms with van der Waals surface area (Å²) in [5.74, 6) is -2.91. The smallest absolute Gasteiger partial charge is 0.166 e. The van der Waals surface area contributed by atoms with Crippen LogP contribution >= 0.6 is 0 Å². The maximum absolute atomic E-state index is 13.6. The Balaban J connectivity index is 2.61. The monoisotopic (exact) mass is 236 g/mol. The predicted octanol–water partition coefficient (Wildman–Crippen LogP) is 3.58. The number of carbonyl (C=O) groups excluding carboxylic acids is 1. The third kappa shape index (κ3) is 2.06. The quantitative estimate of drug-likeness (QED) is 0.728. The number of benzene rings is 2. The molecule has 0 spiro atoms. The highest BCUT2D eigenvalue weighted by atomic mass is 19.2. The molecule has 0 heterocycles. The van der Waals surface area contributed by atoms with E-state index < -0.39 is 17.5 Å². The van der Waals surface area contributed by atoms with Crippen LogP contribution in [0.2, 0.25) is 0 Å². The highest BCUT2D eigenvalue weighted by Gasteiger charge is 2.13. The Morgan fingerprint density at radius 2 is 1.65 bits per heavy atom. The molecule has 0 atom stereocenters. The van der Waals surface area contributed by atoms with Crippen molar-refractivity contribution in [2.75, 3.05) is 0 Å². The van der Waals surface area contributed by atoms with Gasteiger partial charge in [-0.2, -0.15) is 0 Å². The molecule has 2 aromatic rings. The van der Waals surface area contributed by atoms with Crippen LogP contribution in [0.3, 0.4) is 0 Å². The average molecular weight is 236 g/mol. The molecule has 2 aromatic carbocycles. The first-order valence-corrected chi connectivity index (χ1v) is 4.82. The first kappa shape index (κ1) is 11.4. The van der Waals surface area contributed by atoms with E-state index in [-0.39, 0.29) is 16.7 Å². The van der Waals surface area contributed by atoms with E-state index >= 15 is 0 Å². The number of halogens is 3. The van der Waals surface area contributed by atoms with Crippen molar-refractivity contribution in [3.05, 3.63) is 59.4 Å². The average Bonchev–Trinajstić information content (AvgIpc) is 2.33. The Labute approximate surface area is 95.5 Å². The van der Waals surface area contributed by atoms with E-state index in [9.17, 15) is 18.0 Å². The second kappa shape index (κ2) is 4.41. The Bertz CT molecular complexity index is 579. The van der Waals surface area contributed by atoms with Crippen LogP contribution < -0.4 is 0 Å². The minimum absolute atomic E-state index is 0.0763. The molecule has 17 heavy (non-hydrogen) atoms. The van der Waals surface area contributed by atoms with Crippen molar-refractivity contribution in [3.8, 4) is 11.1 Å². The van der Waals surface area contributed by atoms with Gasteiger partial charge in [0.15, 0.2) is 11.6 Å². The minimum Gasteiger partial charge on any atom is -0.298 e. The lowest BCUT2D eigenvalue weighted by Crippen LogP contribution is -1.93. The van der Waals surface area contributed by atoms with Crippen LogP contribution in [-0.2, 0) is 0 Å². The molecule has 0 aliphatic rings. The normalized spacial score (nSPS) is 10.3. The van der Waals surface area contributed by atoms with Gasteiger partial charge in [0.25, 0.3) is 0 Å². The summed E-state index contributed by atoms with van der Waals surface area (Å²) in [4.78, 5) is 10.4. The Morgan fingerprint density at radius 3 is 2.29 bits per heavy atom. The van der Waals surface area contributed by atoms with Gasteiger partial charge in [-0.1, -0.05) is 24.3 Å². The molecule has 0 amide bonds. The predicted molar refractivity (Wildman–Crippen MR) is 57.1 cm³/mol. The zero-order valence-corrected chi connectivity index (χ0v) is 8.58. The van der Waals surface area contributed by atoms with Crippen LogP contribution in [0.15, 0.2) is 36.4 Å². The van der Waals surface area contributed by atoms with Crippen molar-refractivity contribution >= 4 is 6.29 Å². The molecule has 2 rings (SSSR count). The van der Waals surface area contributed by atoms with Gasteiger partial charge in [-0.25, -0.2) is 13.2 Å². The Morgan fingerprint density at radius 1 is 0.882 bits per heavy atom. The third-order valence-electron chi connectivity index (χ3n) is 2.37. The molecular weight excluding hydrogens is 229 g/mol. The van der Waals surface area contributed by atoms with Gasteiger partial charge in [0.05, 0.1) is 0 Å². The van der Waals surface area contributed by atoms with Crippen LogP contribution in [-0.4, -0.2) is 6.29 Å². The van der Waals surface area contributed by atoms with Gasteiger partial charge in [-0.3, -0.25) is 4.79 Å². The van der Waals surface area contributed by atoms with Crippen LogP contribution in [0.1, 0.15) is 10.4 Å². The van der Waals surface area contributed by atoms with E-state index in [0.717, 1.165) is 12.1 Å². The number of hydrogen-bond acceptors (Lipinski definition) is 1. The van der Waals surface area contributed by atoms with E-state index in [2.05, 4.69) is 0 Å². The van der Waals surface area contributed by atoms with Crippen molar-refractivity contribution in [2.45, 2.75) is 0 Å². The maximum Gasteiger partial charge on any atom is 0.166 e. The maximum atomic E-state index is 13.6. The summed E-state index contributed by atoms with van der Waals surface area (Å²) in [7, 11) is 0. The molecule has 1 nitrogen and oxygen atoms in total. The summed E-state index contributed by atoms with van der Waals surface area (Å²) in [5.41, 5.74) is -0.101.